The Morgan fingerprint density at radius 1 is 0.941 bits per heavy atom. The second kappa shape index (κ2) is 9.14. The first-order valence-corrected chi connectivity index (χ1v) is 11.7. The largest absolute Gasteiger partial charge is 0.348 e. The molecule has 3 amide bonds. The summed E-state index contributed by atoms with van der Waals surface area (Å²) >= 11 is 0. The van der Waals surface area contributed by atoms with Gasteiger partial charge in [-0.2, -0.15) is 0 Å². The lowest BCUT2D eigenvalue weighted by Gasteiger charge is -2.26. The highest BCUT2D eigenvalue weighted by Crippen LogP contribution is 2.33. The number of aryl methyl sites for hydroxylation is 1. The van der Waals surface area contributed by atoms with Crippen molar-refractivity contribution >= 4 is 23.4 Å². The summed E-state index contributed by atoms with van der Waals surface area (Å²) in [5.41, 5.74) is 4.58. The normalized spacial score (nSPS) is 17.3. The second-order valence-electron chi connectivity index (χ2n) is 8.86. The molecule has 0 unspecified atom stereocenters. The average Bonchev–Trinajstić information content (AvgIpc) is 3.33. The van der Waals surface area contributed by atoms with Crippen molar-refractivity contribution in [1.29, 1.82) is 0 Å². The number of nitrogens with one attached hydrogen (secondary N) is 1. The maximum absolute atomic E-state index is 13.6. The van der Waals surface area contributed by atoms with Crippen LogP contribution in [0.4, 0.5) is 5.69 Å². The van der Waals surface area contributed by atoms with Crippen LogP contribution in [0.25, 0.3) is 0 Å². The maximum Gasteiger partial charge on any atom is 0.256 e. The van der Waals surface area contributed by atoms with Crippen LogP contribution in [-0.2, 0) is 17.9 Å². The van der Waals surface area contributed by atoms with Crippen LogP contribution >= 0.6 is 0 Å². The van der Waals surface area contributed by atoms with Crippen molar-refractivity contribution in [3.63, 3.8) is 0 Å². The number of nitrogens with zero attached hydrogens (tertiary/aromatic N) is 2. The van der Waals surface area contributed by atoms with Crippen LogP contribution in [-0.4, -0.2) is 35.2 Å². The molecule has 0 saturated carbocycles. The first kappa shape index (κ1) is 21.9. The Hall–Kier alpha value is -3.93. The van der Waals surface area contributed by atoms with Crippen LogP contribution in [0, 0.1) is 6.92 Å². The molecule has 1 fully saturated rings. The number of hydrogen-bond donors (Lipinski definition) is 1. The van der Waals surface area contributed by atoms with Crippen LogP contribution in [0.15, 0.2) is 72.8 Å². The molecule has 0 radical (unpaired) electrons. The minimum atomic E-state index is -0.457. The molecule has 3 aromatic carbocycles. The molecule has 0 aliphatic carbocycles. The highest BCUT2D eigenvalue weighted by atomic mass is 16.2. The molecule has 6 heteroatoms. The Morgan fingerprint density at radius 3 is 2.47 bits per heavy atom. The Kier molecular flexibility index (Phi) is 5.88. The van der Waals surface area contributed by atoms with Crippen LogP contribution in [0.1, 0.15) is 50.2 Å². The van der Waals surface area contributed by atoms with Crippen LogP contribution in [0.2, 0.25) is 0 Å². The fourth-order valence-electron chi connectivity index (χ4n) is 4.90. The van der Waals surface area contributed by atoms with Gasteiger partial charge < -0.3 is 15.1 Å². The Bertz CT molecular complexity index is 1270. The van der Waals surface area contributed by atoms with Gasteiger partial charge in [0.15, 0.2) is 0 Å². The quantitative estimate of drug-likeness (QED) is 0.633. The Morgan fingerprint density at radius 2 is 1.65 bits per heavy atom. The number of rotatable bonds is 5. The summed E-state index contributed by atoms with van der Waals surface area (Å²) < 4.78 is 0. The lowest BCUT2D eigenvalue weighted by atomic mass is 10.0. The van der Waals surface area contributed by atoms with Crippen molar-refractivity contribution in [2.75, 3.05) is 11.4 Å². The van der Waals surface area contributed by atoms with E-state index in [-0.39, 0.29) is 24.3 Å². The van der Waals surface area contributed by atoms with Gasteiger partial charge in [0.1, 0.15) is 6.04 Å². The van der Waals surface area contributed by atoms with Crippen molar-refractivity contribution in [3.8, 4) is 0 Å². The topological polar surface area (TPSA) is 69.7 Å². The van der Waals surface area contributed by atoms with Gasteiger partial charge in [-0.1, -0.05) is 54.6 Å². The molecule has 1 N–H and O–H groups in total. The van der Waals surface area contributed by atoms with Gasteiger partial charge in [0.25, 0.3) is 11.8 Å². The van der Waals surface area contributed by atoms with Gasteiger partial charge in [0, 0.05) is 18.7 Å². The second-order valence-corrected chi connectivity index (χ2v) is 8.86. The highest BCUT2D eigenvalue weighted by Gasteiger charge is 2.42. The zero-order valence-corrected chi connectivity index (χ0v) is 19.2. The van der Waals surface area contributed by atoms with Gasteiger partial charge >= 0.3 is 0 Å². The van der Waals surface area contributed by atoms with E-state index >= 15 is 0 Å². The summed E-state index contributed by atoms with van der Waals surface area (Å²) in [6.07, 6.45) is 1.48. The summed E-state index contributed by atoms with van der Waals surface area (Å²) in [5.74, 6) is -0.378. The third kappa shape index (κ3) is 3.96. The van der Waals surface area contributed by atoms with Crippen LogP contribution in [0.3, 0.4) is 0 Å². The van der Waals surface area contributed by atoms with Gasteiger partial charge in [-0.05, 0) is 54.7 Å². The number of carbonyl (C=O) groups is 3. The van der Waals surface area contributed by atoms with Gasteiger partial charge in [0.05, 0.1) is 17.8 Å². The van der Waals surface area contributed by atoms with Gasteiger partial charge in [-0.3, -0.25) is 14.4 Å². The molecular weight excluding hydrogens is 426 g/mol. The summed E-state index contributed by atoms with van der Waals surface area (Å²) in [7, 11) is 0. The van der Waals surface area contributed by atoms with E-state index in [1.165, 1.54) is 0 Å². The summed E-state index contributed by atoms with van der Waals surface area (Å²) in [6.45, 7) is 3.26. The molecule has 0 aromatic heterocycles. The zero-order chi connectivity index (χ0) is 23.7. The van der Waals surface area contributed by atoms with Crippen LogP contribution in [0.5, 0.6) is 0 Å². The maximum atomic E-state index is 13.6. The van der Waals surface area contributed by atoms with Crippen molar-refractivity contribution in [2.24, 2.45) is 0 Å². The van der Waals surface area contributed by atoms with Gasteiger partial charge in [-0.15, -0.1) is 0 Å². The fourth-order valence-corrected chi connectivity index (χ4v) is 4.90. The molecule has 3 aromatic rings. The molecule has 1 atom stereocenters. The van der Waals surface area contributed by atoms with Gasteiger partial charge in [0.2, 0.25) is 5.91 Å². The van der Waals surface area contributed by atoms with E-state index in [9.17, 15) is 14.4 Å². The molecule has 2 aliphatic heterocycles. The number of amides is 3. The Balaban J connectivity index is 1.45. The molecule has 34 heavy (non-hydrogen) atoms. The van der Waals surface area contributed by atoms with E-state index in [1.54, 1.807) is 21.9 Å². The van der Waals surface area contributed by atoms with E-state index in [4.69, 9.17) is 0 Å². The predicted molar refractivity (Wildman–Crippen MR) is 130 cm³/mol. The Labute approximate surface area is 199 Å². The fraction of sp³-hybridized carbons (Fsp3) is 0.250. The third-order valence-corrected chi connectivity index (χ3v) is 6.78. The predicted octanol–water partition coefficient (Wildman–Crippen LogP) is 4.08. The zero-order valence-electron chi connectivity index (χ0n) is 19.2. The first-order valence-electron chi connectivity index (χ1n) is 11.7. The molecular formula is C28H27N3O3. The van der Waals surface area contributed by atoms with Crippen LogP contribution < -0.4 is 10.2 Å². The summed E-state index contributed by atoms with van der Waals surface area (Å²) in [6, 6.07) is 22.1. The summed E-state index contributed by atoms with van der Waals surface area (Å²) in [4.78, 5) is 43.3. The summed E-state index contributed by atoms with van der Waals surface area (Å²) in [5, 5.41) is 3.02. The number of hydrogen-bond acceptors (Lipinski definition) is 3. The van der Waals surface area contributed by atoms with Crippen molar-refractivity contribution in [1.82, 2.24) is 10.2 Å². The standard InChI is InChI=1S/C28H27N3O3/c1-19-9-2-3-10-20(19)17-29-26(32)22-12-5-4-11-21(22)18-31-24-14-7-6-13-23(24)27(33)30-16-8-15-25(30)28(31)34/h2-7,9-14,25H,8,15-18H2,1H3,(H,29,32)/t25-/m0/s1. The molecule has 0 bridgehead atoms. The lowest BCUT2D eigenvalue weighted by molar-refractivity contribution is -0.122. The number of para-hydroxylation sites is 1. The van der Waals surface area contributed by atoms with Gasteiger partial charge in [-0.25, -0.2) is 0 Å². The average molecular weight is 454 g/mol. The number of benzene rings is 3. The molecule has 2 heterocycles. The van der Waals surface area contributed by atoms with Crippen molar-refractivity contribution < 1.29 is 14.4 Å². The lowest BCUT2D eigenvalue weighted by Crippen LogP contribution is -2.44. The van der Waals surface area contributed by atoms with E-state index in [2.05, 4.69) is 5.32 Å². The van der Waals surface area contributed by atoms with E-state index in [1.807, 2.05) is 67.6 Å². The van der Waals surface area contributed by atoms with E-state index in [0.717, 1.165) is 23.1 Å². The number of carbonyl (C=O) groups excluding carboxylic acids is 3. The molecule has 2 aliphatic rings. The van der Waals surface area contributed by atoms with Crippen molar-refractivity contribution in [3.05, 3.63) is 101 Å². The third-order valence-electron chi connectivity index (χ3n) is 6.78. The minimum absolute atomic E-state index is 0.0917. The monoisotopic (exact) mass is 453 g/mol. The molecule has 172 valence electrons. The minimum Gasteiger partial charge on any atom is -0.348 e. The first-order chi connectivity index (χ1) is 16.5. The highest BCUT2D eigenvalue weighted by molar-refractivity contribution is 6.11. The van der Waals surface area contributed by atoms with E-state index in [0.29, 0.717) is 36.3 Å². The number of fused-ring (bicyclic) bond motifs is 2. The van der Waals surface area contributed by atoms with E-state index < -0.39 is 6.04 Å². The number of anilines is 1. The smallest absolute Gasteiger partial charge is 0.256 e. The molecule has 5 rings (SSSR count). The molecule has 1 saturated heterocycles. The molecule has 0 spiro atoms. The SMILES string of the molecule is Cc1ccccc1CNC(=O)c1ccccc1CN1C(=O)[C@@H]2CCCN2C(=O)c2ccccc21. The molecule has 6 nitrogen and oxygen atoms in total. The van der Waals surface area contributed by atoms with Crippen molar-refractivity contribution in [2.45, 2.75) is 38.9 Å².